The molecular formula is C10H8N3OPS2. The lowest BCUT2D eigenvalue weighted by molar-refractivity contribution is 0.270. The first kappa shape index (κ1) is 11.0. The minimum absolute atomic E-state index is 0.364. The van der Waals surface area contributed by atoms with E-state index >= 15 is 0 Å². The van der Waals surface area contributed by atoms with Crippen LogP contribution in [0.1, 0.15) is 0 Å². The lowest BCUT2D eigenvalue weighted by Crippen LogP contribution is -2.08. The number of H-pyrrole nitrogens is 1. The molecule has 4 nitrogen and oxygen atoms in total. The van der Waals surface area contributed by atoms with E-state index in [2.05, 4.69) is 28.1 Å². The van der Waals surface area contributed by atoms with Gasteiger partial charge in [0.2, 0.25) is 0 Å². The molecule has 1 aromatic heterocycles. The van der Waals surface area contributed by atoms with Gasteiger partial charge in [-0.3, -0.25) is 9.89 Å². The Labute approximate surface area is 109 Å². The fourth-order valence-electron chi connectivity index (χ4n) is 1.86. The van der Waals surface area contributed by atoms with E-state index < -0.39 is 6.70 Å². The van der Waals surface area contributed by atoms with E-state index in [1.807, 2.05) is 18.2 Å². The molecule has 1 aliphatic heterocycles. The van der Waals surface area contributed by atoms with E-state index in [0.717, 1.165) is 22.2 Å². The predicted octanol–water partition coefficient (Wildman–Crippen LogP) is 1.48. The number of aromatic amines is 1. The molecule has 0 saturated carbocycles. The molecule has 0 radical (unpaired) electrons. The number of benzene rings is 1. The minimum atomic E-state index is -1.03. The van der Waals surface area contributed by atoms with Gasteiger partial charge >= 0.3 is 0 Å². The molecular weight excluding hydrogens is 273 g/mol. The number of amides is 1. The summed E-state index contributed by atoms with van der Waals surface area (Å²) >= 11 is 9.13. The minimum Gasteiger partial charge on any atom is -0.316 e. The summed E-state index contributed by atoms with van der Waals surface area (Å²) in [7, 11) is 0. The maximum atomic E-state index is 10.9. The summed E-state index contributed by atoms with van der Waals surface area (Å²) in [6.07, 6.45) is 1.78. The third-order valence-electron chi connectivity index (χ3n) is 2.62. The average molecular weight is 281 g/mol. The summed E-state index contributed by atoms with van der Waals surface area (Å²) in [6.45, 7) is -1.03. The van der Waals surface area contributed by atoms with Crippen LogP contribution in [0.3, 0.4) is 0 Å². The average Bonchev–Trinajstić information content (AvgIpc) is 2.78. The number of fused-ring (bicyclic) bond motifs is 1. The van der Waals surface area contributed by atoms with Crippen LogP contribution in [-0.4, -0.2) is 15.4 Å². The number of aromatic nitrogens is 2. The Bertz CT molecular complexity index is 639. The molecule has 1 unspecified atom stereocenters. The van der Waals surface area contributed by atoms with Crippen LogP contribution in [-0.2, 0) is 11.8 Å². The number of nitrogens with zero attached hydrogens (tertiary/aromatic N) is 1. The van der Waals surface area contributed by atoms with Crippen LogP contribution in [0, 0.1) is 0 Å². The molecule has 86 valence electrons. The molecule has 2 heterocycles. The molecule has 1 aromatic carbocycles. The summed E-state index contributed by atoms with van der Waals surface area (Å²) in [5.41, 5.74) is 2.76. The molecule has 3 rings (SSSR count). The molecule has 0 spiro atoms. The monoisotopic (exact) mass is 281 g/mol. The smallest absolute Gasteiger partial charge is 0.280 e. The topological polar surface area (TPSA) is 57.8 Å². The lowest BCUT2D eigenvalue weighted by Gasteiger charge is -2.00. The van der Waals surface area contributed by atoms with Gasteiger partial charge in [0.1, 0.15) is 0 Å². The standard InChI is InChI=1S/C10H8N3OPS2/c14-10(16)12-7-2-1-5(6-3-4-11-13-6)8-9(7)15(8)17/h1-4,15H,(H,11,13)(H2,12,14,16). The van der Waals surface area contributed by atoms with Crippen molar-refractivity contribution in [2.75, 3.05) is 5.32 Å². The number of hydrogen-bond donors (Lipinski definition) is 3. The quantitative estimate of drug-likeness (QED) is 0.492. The van der Waals surface area contributed by atoms with Gasteiger partial charge in [0.15, 0.2) is 0 Å². The highest BCUT2D eigenvalue weighted by Crippen LogP contribution is 2.42. The van der Waals surface area contributed by atoms with Crippen LogP contribution < -0.4 is 15.9 Å². The number of rotatable bonds is 2. The van der Waals surface area contributed by atoms with Gasteiger partial charge in [-0.25, -0.2) is 0 Å². The molecule has 1 amide bonds. The molecule has 17 heavy (non-hydrogen) atoms. The van der Waals surface area contributed by atoms with Crippen molar-refractivity contribution in [3.8, 4) is 11.3 Å². The van der Waals surface area contributed by atoms with Gasteiger partial charge in [-0.2, -0.15) is 5.10 Å². The third-order valence-corrected chi connectivity index (χ3v) is 5.65. The van der Waals surface area contributed by atoms with E-state index in [4.69, 9.17) is 11.8 Å². The van der Waals surface area contributed by atoms with Crippen LogP contribution >= 0.6 is 19.3 Å². The lowest BCUT2D eigenvalue weighted by atomic mass is 10.1. The van der Waals surface area contributed by atoms with E-state index in [-0.39, 0.29) is 5.24 Å². The van der Waals surface area contributed by atoms with E-state index in [9.17, 15) is 4.79 Å². The Morgan fingerprint density at radius 2 is 2.24 bits per heavy atom. The van der Waals surface area contributed by atoms with Crippen molar-refractivity contribution in [1.29, 1.82) is 0 Å². The third kappa shape index (κ3) is 1.82. The summed E-state index contributed by atoms with van der Waals surface area (Å²) in [6, 6.07) is 5.72. The van der Waals surface area contributed by atoms with Crippen LogP contribution in [0.5, 0.6) is 0 Å². The van der Waals surface area contributed by atoms with Crippen molar-refractivity contribution < 1.29 is 4.79 Å². The van der Waals surface area contributed by atoms with Crippen molar-refractivity contribution in [3.63, 3.8) is 0 Å². The number of anilines is 1. The van der Waals surface area contributed by atoms with Gasteiger partial charge in [-0.15, -0.1) is 0 Å². The van der Waals surface area contributed by atoms with Crippen molar-refractivity contribution in [2.24, 2.45) is 0 Å². The van der Waals surface area contributed by atoms with Crippen molar-refractivity contribution in [2.45, 2.75) is 0 Å². The zero-order valence-corrected chi connectivity index (χ0v) is 11.2. The predicted molar refractivity (Wildman–Crippen MR) is 77.0 cm³/mol. The van der Waals surface area contributed by atoms with Crippen LogP contribution in [0.4, 0.5) is 10.5 Å². The van der Waals surface area contributed by atoms with Crippen molar-refractivity contribution in [3.05, 3.63) is 24.4 Å². The Morgan fingerprint density at radius 3 is 2.88 bits per heavy atom. The fourth-order valence-corrected chi connectivity index (χ4v) is 5.02. The largest absolute Gasteiger partial charge is 0.316 e. The molecule has 0 saturated heterocycles. The normalized spacial score (nSPS) is 16.4. The molecule has 7 heteroatoms. The van der Waals surface area contributed by atoms with E-state index in [1.165, 1.54) is 5.30 Å². The zero-order chi connectivity index (χ0) is 12.0. The molecule has 2 aromatic rings. The molecule has 0 bridgehead atoms. The first-order chi connectivity index (χ1) is 8.18. The highest BCUT2D eigenvalue weighted by Gasteiger charge is 2.32. The number of carbonyl (C=O) groups is 1. The van der Waals surface area contributed by atoms with Gasteiger partial charge in [0, 0.05) is 29.1 Å². The summed E-state index contributed by atoms with van der Waals surface area (Å²) in [5.74, 6) is 0. The van der Waals surface area contributed by atoms with Gasteiger partial charge < -0.3 is 5.32 Å². The second kappa shape index (κ2) is 3.98. The van der Waals surface area contributed by atoms with Gasteiger partial charge in [-0.05, 0) is 18.2 Å². The molecule has 1 atom stereocenters. The van der Waals surface area contributed by atoms with Crippen molar-refractivity contribution >= 4 is 52.7 Å². The highest BCUT2D eigenvalue weighted by molar-refractivity contribution is 8.18. The van der Waals surface area contributed by atoms with Crippen LogP contribution in [0.25, 0.3) is 11.3 Å². The van der Waals surface area contributed by atoms with E-state index in [1.54, 1.807) is 6.20 Å². The number of hydrogen-bond acceptors (Lipinski definition) is 3. The Balaban J connectivity index is 2.08. The Morgan fingerprint density at radius 1 is 1.41 bits per heavy atom. The Kier molecular flexibility index (Phi) is 2.58. The number of carbonyl (C=O) groups excluding carboxylic acids is 1. The van der Waals surface area contributed by atoms with Gasteiger partial charge in [-0.1, -0.05) is 24.4 Å². The second-order valence-corrected chi connectivity index (χ2v) is 6.92. The second-order valence-electron chi connectivity index (χ2n) is 3.63. The zero-order valence-electron chi connectivity index (χ0n) is 8.52. The summed E-state index contributed by atoms with van der Waals surface area (Å²) < 4.78 is 0. The summed E-state index contributed by atoms with van der Waals surface area (Å²) in [4.78, 5) is 10.9. The number of thiol groups is 1. The van der Waals surface area contributed by atoms with Crippen LogP contribution in [0.2, 0.25) is 0 Å². The van der Waals surface area contributed by atoms with Gasteiger partial charge in [0.25, 0.3) is 5.24 Å². The Hall–Kier alpha value is -1.10. The van der Waals surface area contributed by atoms with E-state index in [0.29, 0.717) is 0 Å². The molecule has 0 fully saturated rings. The van der Waals surface area contributed by atoms with Gasteiger partial charge in [0.05, 0.1) is 11.4 Å². The molecule has 1 aliphatic rings. The maximum Gasteiger partial charge on any atom is 0.280 e. The molecule has 0 aliphatic carbocycles. The fraction of sp³-hybridized carbons (Fsp3) is 0. The first-order valence-electron chi connectivity index (χ1n) is 4.90. The molecule has 2 N–H and O–H groups in total. The first-order valence-corrected chi connectivity index (χ1v) is 7.98. The number of nitrogens with one attached hydrogen (secondary N) is 2. The maximum absolute atomic E-state index is 10.9. The summed E-state index contributed by atoms with van der Waals surface area (Å²) in [5, 5.41) is 11.5. The highest BCUT2D eigenvalue weighted by atomic mass is 32.4. The van der Waals surface area contributed by atoms with Crippen molar-refractivity contribution in [1.82, 2.24) is 10.2 Å². The van der Waals surface area contributed by atoms with Crippen LogP contribution in [0.15, 0.2) is 24.4 Å². The SMILES string of the molecule is O=C(S)Nc1ccc(-c2cc[nH]n2)c2c1[PH]2=S.